The summed E-state index contributed by atoms with van der Waals surface area (Å²) >= 11 is 0. The van der Waals surface area contributed by atoms with E-state index in [1.807, 2.05) is 5.32 Å². The van der Waals surface area contributed by atoms with Crippen molar-refractivity contribution >= 4 is 5.91 Å². The number of carbonyl (C=O) groups excluding carboxylic acids is 1. The zero-order chi connectivity index (χ0) is 30.7. The van der Waals surface area contributed by atoms with E-state index in [-0.39, 0.29) is 24.5 Å². The SMILES string of the molecule is CC(O)(C(=O)NCC(Cc1ccccc1)(c1cccc(OC(F)(F)F)c1)c1cccc(OC(F)(F)F)c1)C(F)(F)F. The van der Waals surface area contributed by atoms with Gasteiger partial charge in [0.15, 0.2) is 0 Å². The number of carbonyl (C=O) groups is 1. The van der Waals surface area contributed by atoms with Gasteiger partial charge < -0.3 is 19.9 Å². The number of rotatable bonds is 9. The summed E-state index contributed by atoms with van der Waals surface area (Å²) in [7, 11) is 0. The average molecular weight is 595 g/mol. The quantitative estimate of drug-likeness (QED) is 0.280. The van der Waals surface area contributed by atoms with Crippen LogP contribution in [0.4, 0.5) is 39.5 Å². The summed E-state index contributed by atoms with van der Waals surface area (Å²) in [5.74, 6) is -3.36. The number of hydrogen-bond donors (Lipinski definition) is 2. The van der Waals surface area contributed by atoms with E-state index < -0.39 is 53.9 Å². The second-order valence-electron chi connectivity index (χ2n) is 9.15. The van der Waals surface area contributed by atoms with Crippen LogP contribution in [0.15, 0.2) is 78.9 Å². The van der Waals surface area contributed by atoms with Crippen LogP contribution in [0.3, 0.4) is 0 Å². The molecule has 1 amide bonds. The lowest BCUT2D eigenvalue weighted by Gasteiger charge is -2.37. The van der Waals surface area contributed by atoms with Gasteiger partial charge in [0.2, 0.25) is 5.60 Å². The maximum absolute atomic E-state index is 13.4. The number of benzene rings is 3. The van der Waals surface area contributed by atoms with Gasteiger partial charge in [0.25, 0.3) is 5.91 Å². The van der Waals surface area contributed by atoms with Crippen molar-refractivity contribution in [3.63, 3.8) is 0 Å². The highest BCUT2D eigenvalue weighted by Crippen LogP contribution is 2.40. The molecular weight excluding hydrogens is 573 g/mol. The summed E-state index contributed by atoms with van der Waals surface area (Å²) in [5, 5.41) is 11.9. The second-order valence-corrected chi connectivity index (χ2v) is 9.15. The molecule has 0 radical (unpaired) electrons. The summed E-state index contributed by atoms with van der Waals surface area (Å²) in [6.45, 7) is -0.602. The minimum absolute atomic E-state index is 0.0702. The Morgan fingerprint density at radius 1 is 0.732 bits per heavy atom. The van der Waals surface area contributed by atoms with Crippen LogP contribution >= 0.6 is 0 Å². The van der Waals surface area contributed by atoms with Crippen LogP contribution in [0.1, 0.15) is 23.6 Å². The summed E-state index contributed by atoms with van der Waals surface area (Å²) < 4.78 is 126. The molecule has 0 aliphatic carbocycles. The van der Waals surface area contributed by atoms with Gasteiger partial charge in [-0.05, 0) is 54.3 Å². The molecule has 1 atom stereocenters. The van der Waals surface area contributed by atoms with E-state index in [4.69, 9.17) is 0 Å². The molecular formula is C27H22F9NO4. The Balaban J connectivity index is 2.25. The third-order valence-corrected chi connectivity index (χ3v) is 6.13. The minimum atomic E-state index is -5.40. The van der Waals surface area contributed by atoms with Gasteiger partial charge >= 0.3 is 18.9 Å². The number of halogens is 9. The van der Waals surface area contributed by atoms with Crippen molar-refractivity contribution in [2.45, 2.75) is 43.3 Å². The molecule has 5 nitrogen and oxygen atoms in total. The van der Waals surface area contributed by atoms with Crippen LogP contribution < -0.4 is 14.8 Å². The number of ether oxygens (including phenoxy) is 2. The standard InChI is InChI=1S/C27H22F9NO4/c1-23(39,25(28,29)30)22(38)37-16-24(15-17-7-3-2-4-8-17,18-9-5-11-20(13-18)40-26(31,32)33)19-10-6-12-21(14-19)41-27(34,35)36/h2-14,39H,15-16H2,1H3,(H,37,38). The van der Waals surface area contributed by atoms with Gasteiger partial charge in [-0.15, -0.1) is 26.3 Å². The molecule has 0 saturated heterocycles. The zero-order valence-electron chi connectivity index (χ0n) is 21.0. The lowest BCUT2D eigenvalue weighted by Crippen LogP contribution is -2.57. The summed E-state index contributed by atoms with van der Waals surface area (Å²) in [5.41, 5.74) is -5.37. The van der Waals surface area contributed by atoms with Crippen molar-refractivity contribution in [2.24, 2.45) is 0 Å². The first-order chi connectivity index (χ1) is 18.8. The predicted molar refractivity (Wildman–Crippen MR) is 127 cm³/mol. The van der Waals surface area contributed by atoms with Crippen LogP contribution in [0.25, 0.3) is 0 Å². The van der Waals surface area contributed by atoms with E-state index in [0.717, 1.165) is 36.4 Å². The molecule has 0 aliphatic rings. The van der Waals surface area contributed by atoms with Crippen molar-refractivity contribution in [2.75, 3.05) is 6.54 Å². The Morgan fingerprint density at radius 3 is 1.61 bits per heavy atom. The molecule has 14 heteroatoms. The number of aliphatic hydroxyl groups is 1. The van der Waals surface area contributed by atoms with Gasteiger partial charge in [0.1, 0.15) is 11.5 Å². The van der Waals surface area contributed by atoms with E-state index in [1.165, 1.54) is 12.1 Å². The first-order valence-corrected chi connectivity index (χ1v) is 11.7. The number of hydrogen-bond acceptors (Lipinski definition) is 4. The lowest BCUT2D eigenvalue weighted by molar-refractivity contribution is -0.275. The molecule has 0 bridgehead atoms. The molecule has 3 rings (SSSR count). The van der Waals surface area contributed by atoms with Crippen molar-refractivity contribution in [3.05, 3.63) is 95.6 Å². The molecule has 0 heterocycles. The molecule has 1 unspecified atom stereocenters. The molecule has 3 aromatic carbocycles. The predicted octanol–water partition coefficient (Wildman–Crippen LogP) is 6.44. The Kier molecular flexibility index (Phi) is 8.87. The summed E-state index contributed by atoms with van der Waals surface area (Å²) in [6.07, 6.45) is -15.9. The van der Waals surface area contributed by atoms with Crippen LogP contribution in [0.2, 0.25) is 0 Å². The van der Waals surface area contributed by atoms with E-state index in [1.54, 1.807) is 30.3 Å². The first-order valence-electron chi connectivity index (χ1n) is 11.7. The van der Waals surface area contributed by atoms with Crippen molar-refractivity contribution in [3.8, 4) is 11.5 Å². The van der Waals surface area contributed by atoms with Crippen molar-refractivity contribution < 1.29 is 58.9 Å². The third-order valence-electron chi connectivity index (χ3n) is 6.13. The Labute approximate surface area is 227 Å². The van der Waals surface area contributed by atoms with Gasteiger partial charge in [0.05, 0.1) is 0 Å². The highest BCUT2D eigenvalue weighted by atomic mass is 19.4. The van der Waals surface area contributed by atoms with Crippen LogP contribution in [0, 0.1) is 0 Å². The fourth-order valence-corrected chi connectivity index (χ4v) is 4.10. The minimum Gasteiger partial charge on any atom is -0.406 e. The number of amides is 1. The van der Waals surface area contributed by atoms with Crippen molar-refractivity contribution in [1.29, 1.82) is 0 Å². The Hall–Kier alpha value is -3.94. The second kappa shape index (κ2) is 11.5. The molecule has 0 spiro atoms. The van der Waals surface area contributed by atoms with Gasteiger partial charge in [-0.3, -0.25) is 4.79 Å². The van der Waals surface area contributed by atoms with Gasteiger partial charge in [-0.25, -0.2) is 0 Å². The van der Waals surface area contributed by atoms with E-state index in [9.17, 15) is 49.4 Å². The van der Waals surface area contributed by atoms with Gasteiger partial charge in [0, 0.05) is 12.0 Å². The number of alkyl halides is 9. The van der Waals surface area contributed by atoms with Gasteiger partial charge in [-0.1, -0.05) is 54.6 Å². The van der Waals surface area contributed by atoms with Crippen molar-refractivity contribution in [1.82, 2.24) is 5.32 Å². The highest BCUT2D eigenvalue weighted by Gasteiger charge is 2.56. The smallest absolute Gasteiger partial charge is 0.406 e. The molecule has 2 N–H and O–H groups in total. The van der Waals surface area contributed by atoms with E-state index in [0.29, 0.717) is 5.56 Å². The maximum Gasteiger partial charge on any atom is 0.573 e. The third kappa shape index (κ3) is 8.06. The lowest BCUT2D eigenvalue weighted by atomic mass is 9.70. The molecule has 3 aromatic rings. The molecule has 0 aliphatic heterocycles. The number of nitrogens with one attached hydrogen (secondary N) is 1. The van der Waals surface area contributed by atoms with Crippen LogP contribution in [-0.4, -0.2) is 42.1 Å². The zero-order valence-corrected chi connectivity index (χ0v) is 21.0. The fraction of sp³-hybridized carbons (Fsp3) is 0.296. The largest absolute Gasteiger partial charge is 0.573 e. The van der Waals surface area contributed by atoms with Crippen LogP contribution in [-0.2, 0) is 16.6 Å². The Bertz CT molecular complexity index is 1280. The fourth-order valence-electron chi connectivity index (χ4n) is 4.10. The van der Waals surface area contributed by atoms with Gasteiger partial charge in [-0.2, -0.15) is 13.2 Å². The van der Waals surface area contributed by atoms with Crippen LogP contribution in [0.5, 0.6) is 11.5 Å². The molecule has 0 saturated carbocycles. The van der Waals surface area contributed by atoms with E-state index >= 15 is 0 Å². The monoisotopic (exact) mass is 595 g/mol. The molecule has 0 fully saturated rings. The normalized spacial score (nSPS) is 14.2. The molecule has 41 heavy (non-hydrogen) atoms. The summed E-state index contributed by atoms with van der Waals surface area (Å²) in [6, 6.07) is 16.4. The average Bonchev–Trinajstić information content (AvgIpc) is 2.84. The molecule has 222 valence electrons. The topological polar surface area (TPSA) is 67.8 Å². The Morgan fingerprint density at radius 2 is 1.20 bits per heavy atom. The summed E-state index contributed by atoms with van der Waals surface area (Å²) in [4.78, 5) is 12.6. The molecule has 0 aromatic heterocycles. The first kappa shape index (κ1) is 31.6. The highest BCUT2D eigenvalue weighted by molar-refractivity contribution is 5.85. The van der Waals surface area contributed by atoms with E-state index in [2.05, 4.69) is 9.47 Å². The maximum atomic E-state index is 13.4.